The molecule has 1 aliphatic heterocycles. The molecule has 1 aromatic heterocycles. The zero-order valence-electron chi connectivity index (χ0n) is 11.6. The van der Waals surface area contributed by atoms with Crippen molar-refractivity contribution in [2.75, 3.05) is 18.8 Å². The van der Waals surface area contributed by atoms with Crippen LogP contribution in [-0.4, -0.2) is 55.8 Å². The van der Waals surface area contributed by atoms with Crippen LogP contribution >= 0.6 is 0 Å². The van der Waals surface area contributed by atoms with Crippen molar-refractivity contribution in [1.29, 1.82) is 0 Å². The number of amides is 1. The third-order valence-electron chi connectivity index (χ3n) is 3.59. The molecule has 2 atom stereocenters. The number of halogens is 3. The van der Waals surface area contributed by atoms with E-state index in [-0.39, 0.29) is 19.5 Å². The Morgan fingerprint density at radius 2 is 2.18 bits per heavy atom. The number of hydrogen-bond acceptors (Lipinski definition) is 6. The van der Waals surface area contributed by atoms with Gasteiger partial charge in [-0.1, -0.05) is 0 Å². The van der Waals surface area contributed by atoms with Crippen LogP contribution in [0.3, 0.4) is 0 Å². The van der Waals surface area contributed by atoms with E-state index in [9.17, 15) is 28.2 Å². The van der Waals surface area contributed by atoms with Gasteiger partial charge in [0.05, 0.1) is 17.3 Å². The van der Waals surface area contributed by atoms with Crippen LogP contribution in [0, 0.1) is 0 Å². The number of aromatic nitrogens is 2. The Morgan fingerprint density at radius 3 is 2.73 bits per heavy atom. The number of nitrogens with two attached hydrogens (primary N) is 1. The Bertz CT molecular complexity index is 591. The van der Waals surface area contributed by atoms with Crippen molar-refractivity contribution in [3.05, 3.63) is 17.5 Å². The summed E-state index contributed by atoms with van der Waals surface area (Å²) >= 11 is 0. The summed E-state index contributed by atoms with van der Waals surface area (Å²) in [5.74, 6) is -1.56. The summed E-state index contributed by atoms with van der Waals surface area (Å²) in [6.45, 7) is 1.12. The number of carbonyl (C=O) groups is 1. The van der Waals surface area contributed by atoms with Crippen LogP contribution in [0.1, 0.15) is 29.4 Å². The summed E-state index contributed by atoms with van der Waals surface area (Å²) < 4.78 is 38.8. The van der Waals surface area contributed by atoms with Gasteiger partial charge in [-0.25, -0.2) is 9.97 Å². The summed E-state index contributed by atoms with van der Waals surface area (Å²) in [6, 6.07) is 0. The highest BCUT2D eigenvalue weighted by Crippen LogP contribution is 2.32. The number of likely N-dealkylation sites (tertiary alicyclic amines) is 1. The number of nitrogen functional groups attached to an aromatic ring is 1. The number of carbonyl (C=O) groups excluding carboxylic acids is 1. The molecule has 2 rings (SSSR count). The Labute approximate surface area is 123 Å². The molecule has 1 aliphatic rings. The Morgan fingerprint density at radius 1 is 1.55 bits per heavy atom. The SMILES string of the molecule is C[C@]1(O)CCN(C(=O)c2cnc(N)nc2C(F)(F)F)C[C@@H]1O. The van der Waals surface area contributed by atoms with Crippen LogP contribution in [-0.2, 0) is 6.18 Å². The monoisotopic (exact) mass is 320 g/mol. The van der Waals surface area contributed by atoms with Gasteiger partial charge in [0.1, 0.15) is 0 Å². The summed E-state index contributed by atoms with van der Waals surface area (Å²) in [6.07, 6.45) is -5.36. The molecule has 0 saturated carbocycles. The van der Waals surface area contributed by atoms with Gasteiger partial charge < -0.3 is 20.8 Å². The molecule has 0 aromatic carbocycles. The number of β-amino-alcohol motifs (C(OH)–C–C–N with tert-alkyl or cyclic N) is 1. The Kier molecular flexibility index (Phi) is 4.00. The fourth-order valence-electron chi connectivity index (χ4n) is 2.15. The number of anilines is 1. The highest BCUT2D eigenvalue weighted by Gasteiger charge is 2.42. The normalized spacial score (nSPS) is 26.1. The van der Waals surface area contributed by atoms with Crippen molar-refractivity contribution >= 4 is 11.9 Å². The molecule has 10 heteroatoms. The fraction of sp³-hybridized carbons (Fsp3) is 0.583. The minimum Gasteiger partial charge on any atom is -0.388 e. The molecule has 1 saturated heterocycles. The number of hydrogen-bond donors (Lipinski definition) is 3. The molecule has 1 aromatic rings. The number of alkyl halides is 3. The van der Waals surface area contributed by atoms with Gasteiger partial charge in [-0.2, -0.15) is 13.2 Å². The van der Waals surface area contributed by atoms with Crippen molar-refractivity contribution in [2.45, 2.75) is 31.2 Å². The van der Waals surface area contributed by atoms with Crippen molar-refractivity contribution in [3.63, 3.8) is 0 Å². The maximum Gasteiger partial charge on any atom is 0.434 e. The van der Waals surface area contributed by atoms with E-state index >= 15 is 0 Å². The largest absolute Gasteiger partial charge is 0.434 e. The average Bonchev–Trinajstić information content (AvgIpc) is 2.40. The van der Waals surface area contributed by atoms with E-state index in [1.807, 2.05) is 0 Å². The number of rotatable bonds is 1. The summed E-state index contributed by atoms with van der Waals surface area (Å²) in [4.78, 5) is 19.8. The lowest BCUT2D eigenvalue weighted by Gasteiger charge is -2.40. The molecule has 0 radical (unpaired) electrons. The van der Waals surface area contributed by atoms with Crippen LogP contribution in [0.15, 0.2) is 6.20 Å². The Balaban J connectivity index is 2.31. The average molecular weight is 320 g/mol. The molecule has 0 unspecified atom stereocenters. The molecule has 0 bridgehead atoms. The lowest BCUT2D eigenvalue weighted by molar-refractivity contribution is -0.141. The molecule has 4 N–H and O–H groups in total. The molecular formula is C12H15F3N4O3. The van der Waals surface area contributed by atoms with Gasteiger partial charge in [-0.3, -0.25) is 4.79 Å². The van der Waals surface area contributed by atoms with Crippen LogP contribution < -0.4 is 5.73 Å². The first kappa shape index (κ1) is 16.4. The van der Waals surface area contributed by atoms with Gasteiger partial charge in [0.15, 0.2) is 5.69 Å². The molecule has 1 amide bonds. The molecule has 1 fully saturated rings. The predicted octanol–water partition coefficient (Wildman–Crippen LogP) is 0.0354. The minimum absolute atomic E-state index is 0.00453. The van der Waals surface area contributed by atoms with Gasteiger partial charge >= 0.3 is 6.18 Å². The quantitative estimate of drug-likeness (QED) is 0.673. The molecule has 0 spiro atoms. The first-order chi connectivity index (χ1) is 10.0. The molecule has 0 aliphatic carbocycles. The van der Waals surface area contributed by atoms with Crippen molar-refractivity contribution < 1.29 is 28.2 Å². The zero-order chi connectivity index (χ0) is 16.7. The topological polar surface area (TPSA) is 113 Å². The van der Waals surface area contributed by atoms with Crippen LogP contribution in [0.4, 0.5) is 19.1 Å². The highest BCUT2D eigenvalue weighted by atomic mass is 19.4. The lowest BCUT2D eigenvalue weighted by Crippen LogP contribution is -2.55. The smallest absolute Gasteiger partial charge is 0.388 e. The maximum absolute atomic E-state index is 12.9. The van der Waals surface area contributed by atoms with E-state index in [0.29, 0.717) is 6.20 Å². The third kappa shape index (κ3) is 3.12. The Hall–Kier alpha value is -1.94. The fourth-order valence-corrected chi connectivity index (χ4v) is 2.15. The first-order valence-corrected chi connectivity index (χ1v) is 6.42. The second-order valence-electron chi connectivity index (χ2n) is 5.36. The van der Waals surface area contributed by atoms with E-state index in [1.54, 1.807) is 0 Å². The summed E-state index contributed by atoms with van der Waals surface area (Å²) in [5.41, 5.74) is 1.59. The van der Waals surface area contributed by atoms with E-state index in [0.717, 1.165) is 4.90 Å². The van der Waals surface area contributed by atoms with E-state index in [2.05, 4.69) is 9.97 Å². The number of aliphatic hydroxyl groups excluding tert-OH is 1. The number of aliphatic hydroxyl groups is 2. The van der Waals surface area contributed by atoms with Gasteiger partial charge in [0, 0.05) is 19.3 Å². The minimum atomic E-state index is -4.86. The third-order valence-corrected chi connectivity index (χ3v) is 3.59. The second kappa shape index (κ2) is 5.36. The second-order valence-corrected chi connectivity index (χ2v) is 5.36. The summed E-state index contributed by atoms with van der Waals surface area (Å²) in [5, 5.41) is 19.6. The lowest BCUT2D eigenvalue weighted by atomic mass is 9.90. The first-order valence-electron chi connectivity index (χ1n) is 6.42. The van der Waals surface area contributed by atoms with Crippen molar-refractivity contribution in [3.8, 4) is 0 Å². The molecule has 22 heavy (non-hydrogen) atoms. The van der Waals surface area contributed by atoms with Crippen molar-refractivity contribution in [1.82, 2.24) is 14.9 Å². The summed E-state index contributed by atoms with van der Waals surface area (Å²) in [7, 11) is 0. The molecular weight excluding hydrogens is 305 g/mol. The van der Waals surface area contributed by atoms with Gasteiger partial charge in [-0.15, -0.1) is 0 Å². The number of piperidine rings is 1. The van der Waals surface area contributed by atoms with Gasteiger partial charge in [0.2, 0.25) is 5.95 Å². The maximum atomic E-state index is 12.9. The molecule has 122 valence electrons. The zero-order valence-corrected chi connectivity index (χ0v) is 11.6. The molecule has 2 heterocycles. The van der Waals surface area contributed by atoms with Crippen LogP contribution in [0.5, 0.6) is 0 Å². The number of nitrogens with zero attached hydrogens (tertiary/aromatic N) is 3. The van der Waals surface area contributed by atoms with Crippen LogP contribution in [0.25, 0.3) is 0 Å². The van der Waals surface area contributed by atoms with Crippen molar-refractivity contribution in [2.24, 2.45) is 0 Å². The van der Waals surface area contributed by atoms with E-state index in [4.69, 9.17) is 5.73 Å². The van der Waals surface area contributed by atoms with Crippen LogP contribution in [0.2, 0.25) is 0 Å². The predicted molar refractivity (Wildman–Crippen MR) is 68.6 cm³/mol. The van der Waals surface area contributed by atoms with Gasteiger partial charge in [0.25, 0.3) is 5.91 Å². The molecule has 7 nitrogen and oxygen atoms in total. The standard InChI is InChI=1S/C12H15F3N4O3/c1-11(22)2-3-19(5-7(11)20)9(21)6-4-17-10(16)18-8(6)12(13,14)15/h4,7,20,22H,2-3,5H2,1H3,(H2,16,17,18)/t7-,11-/m0/s1. The highest BCUT2D eigenvalue weighted by molar-refractivity contribution is 5.95. The van der Waals surface area contributed by atoms with E-state index in [1.165, 1.54) is 6.92 Å². The van der Waals surface area contributed by atoms with E-state index < -0.39 is 41.0 Å². The van der Waals surface area contributed by atoms with Gasteiger partial charge in [-0.05, 0) is 13.3 Å².